The first-order valence-electron chi connectivity index (χ1n) is 13.4. The standard InChI is InChI=1S/C30H45FO2/c1-18(2)19(3)8-9-20(4)24-10-11-25-23-17-28(31)27-16-22(33-21(5)32)12-14-30(27,7)26(23)13-15-29(24,25)6/h8-9,17-20,22,24-26H,10-16H2,1-7H3/b9-8+/t19-,20+,22-,24+,25-,26-,29+,30+/m0/s1. The molecule has 0 aliphatic heterocycles. The van der Waals surface area contributed by atoms with Gasteiger partial charge in [0.25, 0.3) is 0 Å². The van der Waals surface area contributed by atoms with E-state index in [1.807, 2.05) is 6.08 Å². The number of esters is 1. The maximum atomic E-state index is 15.6. The molecule has 3 heteroatoms. The Bertz CT molecular complexity index is 867. The van der Waals surface area contributed by atoms with Gasteiger partial charge in [0.1, 0.15) is 11.9 Å². The number of hydrogen-bond donors (Lipinski definition) is 0. The fourth-order valence-corrected chi connectivity index (χ4v) is 7.99. The van der Waals surface area contributed by atoms with Crippen molar-refractivity contribution >= 4 is 5.97 Å². The van der Waals surface area contributed by atoms with Crippen LogP contribution in [-0.2, 0) is 9.53 Å². The van der Waals surface area contributed by atoms with Gasteiger partial charge in [-0.05, 0) is 96.5 Å². The summed E-state index contributed by atoms with van der Waals surface area (Å²) < 4.78 is 21.1. The molecule has 4 aliphatic rings. The van der Waals surface area contributed by atoms with Crippen molar-refractivity contribution in [1.82, 2.24) is 0 Å². The van der Waals surface area contributed by atoms with E-state index in [9.17, 15) is 4.79 Å². The lowest BCUT2D eigenvalue weighted by Crippen LogP contribution is -2.47. The van der Waals surface area contributed by atoms with E-state index in [0.29, 0.717) is 41.9 Å². The monoisotopic (exact) mass is 456 g/mol. The van der Waals surface area contributed by atoms with Gasteiger partial charge in [-0.1, -0.05) is 59.3 Å². The second kappa shape index (κ2) is 9.00. The Balaban J connectivity index is 1.59. The summed E-state index contributed by atoms with van der Waals surface area (Å²) in [6.07, 6.45) is 13.8. The molecule has 3 saturated carbocycles. The number of halogens is 1. The highest BCUT2D eigenvalue weighted by molar-refractivity contribution is 5.66. The highest BCUT2D eigenvalue weighted by Gasteiger charge is 2.57. The Labute approximate surface area is 201 Å². The number of rotatable bonds is 5. The molecule has 0 unspecified atom stereocenters. The van der Waals surface area contributed by atoms with Crippen LogP contribution in [0.15, 0.2) is 35.2 Å². The summed E-state index contributed by atoms with van der Waals surface area (Å²) >= 11 is 0. The van der Waals surface area contributed by atoms with Gasteiger partial charge in [-0.2, -0.15) is 0 Å². The van der Waals surface area contributed by atoms with Crippen molar-refractivity contribution in [2.45, 2.75) is 99.5 Å². The summed E-state index contributed by atoms with van der Waals surface area (Å²) in [5, 5.41) is 0. The number of hydrogen-bond acceptors (Lipinski definition) is 2. The minimum atomic E-state index is -0.256. The summed E-state index contributed by atoms with van der Waals surface area (Å²) in [6, 6.07) is 0. The van der Waals surface area contributed by atoms with Gasteiger partial charge >= 0.3 is 5.97 Å². The van der Waals surface area contributed by atoms with Crippen molar-refractivity contribution in [2.75, 3.05) is 0 Å². The SMILES string of the molecule is CC(=O)O[C@H]1CC[C@@]2(C)C(=C(F)C=C3[C@@H]4CC[C@H]([C@H](C)/C=C/[C@H](C)C(C)C)[C@@]4(C)CC[C@@H]32)C1. The lowest BCUT2D eigenvalue weighted by Gasteiger charge is -2.55. The van der Waals surface area contributed by atoms with Gasteiger partial charge in [0.05, 0.1) is 0 Å². The first-order valence-corrected chi connectivity index (χ1v) is 13.4. The zero-order chi connectivity index (χ0) is 24.1. The molecule has 8 atom stereocenters. The Morgan fingerprint density at radius 2 is 1.79 bits per heavy atom. The average Bonchev–Trinajstić information content (AvgIpc) is 3.10. The highest BCUT2D eigenvalue weighted by Crippen LogP contribution is 2.66. The van der Waals surface area contributed by atoms with Crippen molar-refractivity contribution in [3.63, 3.8) is 0 Å². The van der Waals surface area contributed by atoms with Crippen molar-refractivity contribution in [1.29, 1.82) is 0 Å². The van der Waals surface area contributed by atoms with Crippen LogP contribution in [0, 0.1) is 46.3 Å². The Kier molecular flexibility index (Phi) is 6.75. The summed E-state index contributed by atoms with van der Waals surface area (Å²) in [5.41, 5.74) is 2.44. The van der Waals surface area contributed by atoms with Gasteiger partial charge in [-0.3, -0.25) is 4.79 Å². The van der Waals surface area contributed by atoms with Gasteiger partial charge in [0.15, 0.2) is 0 Å². The molecule has 0 spiro atoms. The van der Waals surface area contributed by atoms with E-state index in [4.69, 9.17) is 4.74 Å². The van der Waals surface area contributed by atoms with Crippen molar-refractivity contribution in [3.8, 4) is 0 Å². The van der Waals surface area contributed by atoms with Crippen LogP contribution in [-0.4, -0.2) is 12.1 Å². The maximum Gasteiger partial charge on any atom is 0.302 e. The largest absolute Gasteiger partial charge is 0.462 e. The van der Waals surface area contributed by atoms with Gasteiger partial charge in [-0.25, -0.2) is 4.39 Å². The third-order valence-electron chi connectivity index (χ3n) is 10.4. The van der Waals surface area contributed by atoms with E-state index in [1.165, 1.54) is 31.8 Å². The Hall–Kier alpha value is -1.38. The number of allylic oxidation sites excluding steroid dienone is 5. The first kappa shape index (κ1) is 24.7. The van der Waals surface area contributed by atoms with Crippen LogP contribution in [0.25, 0.3) is 0 Å². The lowest BCUT2D eigenvalue weighted by atomic mass is 9.50. The fraction of sp³-hybridized carbons (Fsp3) is 0.767. The molecule has 4 aliphatic carbocycles. The van der Waals surface area contributed by atoms with Crippen LogP contribution in [0.4, 0.5) is 4.39 Å². The molecule has 0 aromatic heterocycles. The third-order valence-corrected chi connectivity index (χ3v) is 10.4. The first-order chi connectivity index (χ1) is 15.5. The number of carbonyl (C=O) groups is 1. The summed E-state index contributed by atoms with van der Waals surface area (Å²) in [6.45, 7) is 15.5. The van der Waals surface area contributed by atoms with E-state index in [-0.39, 0.29) is 28.7 Å². The van der Waals surface area contributed by atoms with Gasteiger partial charge in [0, 0.05) is 13.3 Å². The molecule has 0 bridgehead atoms. The molecule has 4 rings (SSSR count). The predicted octanol–water partition coefficient (Wildman–Crippen LogP) is 8.20. The van der Waals surface area contributed by atoms with Gasteiger partial charge < -0.3 is 4.74 Å². The maximum absolute atomic E-state index is 15.6. The zero-order valence-electron chi connectivity index (χ0n) is 21.9. The molecule has 0 heterocycles. The van der Waals surface area contributed by atoms with Crippen molar-refractivity contribution in [2.24, 2.45) is 46.3 Å². The second-order valence-electron chi connectivity index (χ2n) is 12.5. The Morgan fingerprint density at radius 1 is 1.06 bits per heavy atom. The van der Waals surface area contributed by atoms with Gasteiger partial charge in [-0.15, -0.1) is 0 Å². The molecule has 0 radical (unpaired) electrons. The second-order valence-corrected chi connectivity index (χ2v) is 12.5. The van der Waals surface area contributed by atoms with Crippen LogP contribution in [0.2, 0.25) is 0 Å². The molecular formula is C30H45FO2. The number of fused-ring (bicyclic) bond motifs is 5. The fourth-order valence-electron chi connectivity index (χ4n) is 7.99. The molecule has 2 nitrogen and oxygen atoms in total. The van der Waals surface area contributed by atoms with Crippen LogP contribution in [0.5, 0.6) is 0 Å². The van der Waals surface area contributed by atoms with E-state index in [1.54, 1.807) is 0 Å². The molecular weight excluding hydrogens is 411 g/mol. The molecule has 0 amide bonds. The molecule has 0 saturated heterocycles. The lowest BCUT2D eigenvalue weighted by molar-refractivity contribution is -0.148. The molecule has 33 heavy (non-hydrogen) atoms. The van der Waals surface area contributed by atoms with E-state index >= 15 is 4.39 Å². The topological polar surface area (TPSA) is 26.3 Å². The van der Waals surface area contributed by atoms with E-state index in [2.05, 4.69) is 53.7 Å². The molecule has 0 aromatic rings. The van der Waals surface area contributed by atoms with E-state index < -0.39 is 0 Å². The van der Waals surface area contributed by atoms with Crippen molar-refractivity contribution < 1.29 is 13.9 Å². The average molecular weight is 457 g/mol. The molecule has 184 valence electrons. The zero-order valence-corrected chi connectivity index (χ0v) is 21.9. The summed E-state index contributed by atoms with van der Waals surface area (Å²) in [5.74, 6) is 3.15. The number of ether oxygens (including phenoxy) is 1. The van der Waals surface area contributed by atoms with Crippen LogP contribution in [0.3, 0.4) is 0 Å². The van der Waals surface area contributed by atoms with Gasteiger partial charge in [0.2, 0.25) is 0 Å². The predicted molar refractivity (Wildman–Crippen MR) is 133 cm³/mol. The smallest absolute Gasteiger partial charge is 0.302 e. The minimum absolute atomic E-state index is 0.0352. The summed E-state index contributed by atoms with van der Waals surface area (Å²) in [7, 11) is 0. The molecule has 3 fully saturated rings. The quantitative estimate of drug-likeness (QED) is 0.308. The molecule has 0 aromatic carbocycles. The highest BCUT2D eigenvalue weighted by atomic mass is 19.1. The summed E-state index contributed by atoms with van der Waals surface area (Å²) in [4.78, 5) is 11.5. The third kappa shape index (κ3) is 4.27. The Morgan fingerprint density at radius 3 is 2.45 bits per heavy atom. The van der Waals surface area contributed by atoms with Crippen LogP contribution in [0.1, 0.15) is 93.4 Å². The van der Waals surface area contributed by atoms with Crippen LogP contribution >= 0.6 is 0 Å². The van der Waals surface area contributed by atoms with E-state index in [0.717, 1.165) is 24.8 Å². The minimum Gasteiger partial charge on any atom is -0.462 e. The normalized spacial score (nSPS) is 40.2. The van der Waals surface area contributed by atoms with Crippen LogP contribution < -0.4 is 0 Å². The number of carbonyl (C=O) groups excluding carboxylic acids is 1. The van der Waals surface area contributed by atoms with Crippen molar-refractivity contribution in [3.05, 3.63) is 35.2 Å². The molecule has 0 N–H and O–H groups in total.